The Morgan fingerprint density at radius 1 is 1.22 bits per heavy atom. The molecule has 4 rings (SSSR count). The lowest BCUT2D eigenvalue weighted by Crippen LogP contribution is -2.44. The van der Waals surface area contributed by atoms with E-state index in [0.29, 0.717) is 18.9 Å². The van der Waals surface area contributed by atoms with Crippen molar-refractivity contribution in [3.8, 4) is 6.57 Å². The third-order valence-corrected chi connectivity index (χ3v) is 8.37. The van der Waals surface area contributed by atoms with E-state index in [2.05, 4.69) is 27.5 Å². The van der Waals surface area contributed by atoms with Gasteiger partial charge in [0.25, 0.3) is 28.4 Å². The summed E-state index contributed by atoms with van der Waals surface area (Å²) in [7, 11) is -5.47. The second-order valence-electron chi connectivity index (χ2n) is 9.42. The number of primary amides is 1. The van der Waals surface area contributed by atoms with E-state index < -0.39 is 26.1 Å². The Kier molecular flexibility index (Phi) is 7.03. The van der Waals surface area contributed by atoms with Crippen LogP contribution in [-0.4, -0.2) is 47.7 Å². The number of sulfone groups is 1. The number of nitrogens with two attached hydrogens (primary N) is 1. The van der Waals surface area contributed by atoms with E-state index >= 15 is 0 Å². The fraction of sp³-hybridized carbons (Fsp3) is 0.522. The zero-order chi connectivity index (χ0) is 26.3. The maximum atomic E-state index is 12.8. The Morgan fingerprint density at radius 3 is 2.44 bits per heavy atom. The van der Waals surface area contributed by atoms with Crippen molar-refractivity contribution in [2.75, 3.05) is 5.32 Å². The second-order valence-corrected chi connectivity index (χ2v) is 11.4. The summed E-state index contributed by atoms with van der Waals surface area (Å²) in [4.78, 5) is 15.2. The summed E-state index contributed by atoms with van der Waals surface area (Å²) in [6, 6.07) is 4.20. The van der Waals surface area contributed by atoms with Gasteiger partial charge in [-0.25, -0.2) is 8.42 Å². The maximum absolute atomic E-state index is 12.8. The molecule has 4 atom stereocenters. The fourth-order valence-electron chi connectivity index (χ4n) is 4.68. The van der Waals surface area contributed by atoms with E-state index in [1.807, 2.05) is 0 Å². The predicted octanol–water partition coefficient (Wildman–Crippen LogP) is 3.83. The van der Waals surface area contributed by atoms with Gasteiger partial charge >= 0.3 is 5.51 Å². The van der Waals surface area contributed by atoms with Crippen LogP contribution in [0.5, 0.6) is 0 Å². The molecule has 13 heteroatoms. The van der Waals surface area contributed by atoms with E-state index in [1.165, 1.54) is 19.0 Å². The Hall–Kier alpha value is -3.11. The van der Waals surface area contributed by atoms with Crippen LogP contribution in [0, 0.1) is 12.5 Å². The van der Waals surface area contributed by atoms with Gasteiger partial charge in [0, 0.05) is 30.4 Å². The highest BCUT2D eigenvalue weighted by molar-refractivity contribution is 7.92. The molecule has 1 amide bonds. The van der Waals surface area contributed by atoms with E-state index in [9.17, 15) is 26.4 Å². The molecule has 0 saturated heterocycles. The highest BCUT2D eigenvalue weighted by Gasteiger charge is 2.47. The summed E-state index contributed by atoms with van der Waals surface area (Å²) in [6.45, 7) is 7.91. The number of hydrogen-bond acceptors (Lipinski definition) is 6. The van der Waals surface area contributed by atoms with Gasteiger partial charge in [-0.1, -0.05) is 4.85 Å². The molecule has 9 nitrogen and oxygen atoms in total. The van der Waals surface area contributed by atoms with Crippen molar-refractivity contribution in [1.29, 1.82) is 0 Å². The van der Waals surface area contributed by atoms with Crippen LogP contribution in [0.1, 0.15) is 55.4 Å². The molecular weight excluding hydrogens is 497 g/mol. The van der Waals surface area contributed by atoms with Crippen LogP contribution in [0.3, 0.4) is 0 Å². The smallest absolute Gasteiger partial charge is 0.365 e. The van der Waals surface area contributed by atoms with Gasteiger partial charge in [-0.2, -0.15) is 18.3 Å². The molecule has 4 N–H and O–H groups in total. The molecule has 0 radical (unpaired) electrons. The fourth-order valence-corrected chi connectivity index (χ4v) is 5.44. The number of alkyl halides is 3. The zero-order valence-corrected chi connectivity index (χ0v) is 20.4. The minimum absolute atomic E-state index is 0.0698. The number of amides is 1. The Balaban J connectivity index is 1.51. The number of anilines is 2. The van der Waals surface area contributed by atoms with Crippen molar-refractivity contribution in [2.45, 2.75) is 73.6 Å². The molecule has 1 heterocycles. The van der Waals surface area contributed by atoms with Crippen LogP contribution in [0.4, 0.5) is 24.7 Å². The molecule has 2 aliphatic rings. The number of aromatic nitrogens is 2. The first kappa shape index (κ1) is 26.0. The van der Waals surface area contributed by atoms with Gasteiger partial charge in [-0.15, -0.1) is 0 Å². The monoisotopic (exact) mass is 525 g/mol. The molecule has 36 heavy (non-hydrogen) atoms. The Bertz CT molecular complexity index is 1270. The molecule has 2 fully saturated rings. The van der Waals surface area contributed by atoms with Crippen molar-refractivity contribution < 1.29 is 26.4 Å². The third kappa shape index (κ3) is 5.34. The van der Waals surface area contributed by atoms with Crippen LogP contribution < -0.4 is 16.4 Å². The summed E-state index contributed by atoms with van der Waals surface area (Å²) >= 11 is 0. The molecule has 2 saturated carbocycles. The van der Waals surface area contributed by atoms with Gasteiger partial charge in [0.15, 0.2) is 5.82 Å². The number of carbonyl (C=O) groups excluding carboxylic acids is 1. The summed E-state index contributed by atoms with van der Waals surface area (Å²) in [5, 5.41) is 11.0. The molecule has 0 aliphatic heterocycles. The first-order valence-electron chi connectivity index (χ1n) is 11.6. The van der Waals surface area contributed by atoms with Gasteiger partial charge < -0.3 is 16.4 Å². The van der Waals surface area contributed by atoms with Gasteiger partial charge in [0.1, 0.15) is 11.6 Å². The number of hydrogen-bond donors (Lipinski definition) is 3. The van der Waals surface area contributed by atoms with E-state index in [0.717, 1.165) is 36.6 Å². The summed E-state index contributed by atoms with van der Waals surface area (Å²) < 4.78 is 63.1. The Morgan fingerprint density at radius 2 is 1.89 bits per heavy atom. The third-order valence-electron chi connectivity index (χ3n) is 6.87. The average molecular weight is 526 g/mol. The molecule has 0 bridgehead atoms. The SMILES string of the molecule is C#[N+][C@H]1C[C@@H](N[C@H](C)C2CC2)CC[C@@H]1n1cc(C(N)=O)c(Nc2ccc(S(=O)(=O)C(F)(F)F)cc2)n1. The molecule has 0 spiro atoms. The van der Waals surface area contributed by atoms with E-state index in [1.54, 1.807) is 4.68 Å². The standard InChI is InChI=1S/C23H27F3N6O3S/c1-13(14-3-4-14)29-16-7-10-20(19(11-16)28-2)32-12-18(21(27)33)22(31-32)30-15-5-8-17(9-6-15)36(34,35)23(24,25)26/h2,5-6,8-9,12-14,16,19-20,29H,3-4,7,10-11H2,1H3,(H2-,27,30,31,33)/p+1/t13-,16+,19+,20+/m1/s1. The van der Waals surface area contributed by atoms with Gasteiger partial charge in [-0.05, 0) is 62.8 Å². The second kappa shape index (κ2) is 9.74. The molecule has 2 aliphatic carbocycles. The Labute approximate surface area is 207 Å². The molecule has 0 unspecified atom stereocenters. The number of rotatable bonds is 8. The van der Waals surface area contributed by atoms with Crippen LogP contribution in [0.15, 0.2) is 35.4 Å². The van der Waals surface area contributed by atoms with Crippen molar-refractivity contribution in [1.82, 2.24) is 15.1 Å². The van der Waals surface area contributed by atoms with Crippen molar-refractivity contribution in [3.05, 3.63) is 40.9 Å². The van der Waals surface area contributed by atoms with Crippen LogP contribution in [-0.2, 0) is 9.84 Å². The molecule has 2 aromatic rings. The number of halogens is 3. The molecule has 1 aromatic heterocycles. The average Bonchev–Trinajstić information content (AvgIpc) is 3.59. The first-order chi connectivity index (χ1) is 16.9. The molecular formula is C23H28F3N6O3S+. The lowest BCUT2D eigenvalue weighted by Gasteiger charge is -2.30. The van der Waals surface area contributed by atoms with Crippen molar-refractivity contribution in [3.63, 3.8) is 0 Å². The highest BCUT2D eigenvalue weighted by atomic mass is 32.2. The topological polar surface area (TPSA) is 123 Å². The zero-order valence-electron chi connectivity index (χ0n) is 19.6. The maximum Gasteiger partial charge on any atom is 0.501 e. The minimum Gasteiger partial charge on any atom is -0.365 e. The van der Waals surface area contributed by atoms with Crippen molar-refractivity contribution in [2.24, 2.45) is 11.7 Å². The van der Waals surface area contributed by atoms with E-state index in [-0.39, 0.29) is 35.2 Å². The van der Waals surface area contributed by atoms with Crippen LogP contribution >= 0.6 is 0 Å². The van der Waals surface area contributed by atoms with Gasteiger partial charge in [-0.3, -0.25) is 9.48 Å². The minimum atomic E-state index is -5.47. The van der Waals surface area contributed by atoms with Crippen LogP contribution in [0.25, 0.3) is 4.85 Å². The van der Waals surface area contributed by atoms with Gasteiger partial charge in [0.05, 0.1) is 4.90 Å². The lowest BCUT2D eigenvalue weighted by atomic mass is 9.86. The number of benzene rings is 1. The summed E-state index contributed by atoms with van der Waals surface area (Å²) in [5.41, 5.74) is 0.413. The van der Waals surface area contributed by atoms with Crippen LogP contribution in [0.2, 0.25) is 0 Å². The number of carbonyl (C=O) groups is 1. The lowest BCUT2D eigenvalue weighted by molar-refractivity contribution is -0.0436. The quantitative estimate of drug-likeness (QED) is 0.481. The molecule has 1 aromatic carbocycles. The normalized spacial score (nSPS) is 23.6. The number of nitrogens with zero attached hydrogens (tertiary/aromatic N) is 3. The number of nitrogens with one attached hydrogen (secondary N) is 2. The summed E-state index contributed by atoms with van der Waals surface area (Å²) in [5.74, 6) is 0.0543. The largest absolute Gasteiger partial charge is 0.501 e. The highest BCUT2D eigenvalue weighted by Crippen LogP contribution is 2.36. The molecule has 194 valence electrons. The predicted molar refractivity (Wildman–Crippen MR) is 128 cm³/mol. The van der Waals surface area contributed by atoms with E-state index in [4.69, 9.17) is 12.3 Å². The van der Waals surface area contributed by atoms with Crippen molar-refractivity contribution >= 4 is 27.2 Å². The summed E-state index contributed by atoms with van der Waals surface area (Å²) in [6.07, 6.45) is 6.28. The first-order valence-corrected chi connectivity index (χ1v) is 13.1. The van der Waals surface area contributed by atoms with Gasteiger partial charge in [0.2, 0.25) is 0 Å².